The second kappa shape index (κ2) is 12.6. The standard InChI is InChI=1S/C23H27Cl3N2O2S/c1-4-15(2)27-23(30)16(3)28(14-17-5-6-19(25)13-21(17)26)22(29)11-12-31-20-9-7-18(24)8-10-20/h5-10,13,15-16H,4,11-12,14H2,1-3H3,(H,27,30). The Morgan fingerprint density at radius 1 is 1.03 bits per heavy atom. The van der Waals surface area contributed by atoms with Gasteiger partial charge in [-0.05, 0) is 62.2 Å². The molecule has 0 bridgehead atoms. The van der Waals surface area contributed by atoms with Crippen LogP contribution < -0.4 is 5.32 Å². The molecule has 0 aliphatic rings. The lowest BCUT2D eigenvalue weighted by molar-refractivity contribution is -0.140. The van der Waals surface area contributed by atoms with Crippen molar-refractivity contribution in [3.05, 3.63) is 63.1 Å². The quantitative estimate of drug-likeness (QED) is 0.380. The Morgan fingerprint density at radius 3 is 2.29 bits per heavy atom. The number of thioether (sulfide) groups is 1. The highest BCUT2D eigenvalue weighted by atomic mass is 35.5. The van der Waals surface area contributed by atoms with Crippen molar-refractivity contribution >= 4 is 58.4 Å². The molecule has 2 amide bonds. The van der Waals surface area contributed by atoms with Gasteiger partial charge in [0.05, 0.1) is 0 Å². The van der Waals surface area contributed by atoms with E-state index in [0.29, 0.717) is 27.2 Å². The number of halogens is 3. The lowest BCUT2D eigenvalue weighted by Gasteiger charge is -2.30. The highest BCUT2D eigenvalue weighted by molar-refractivity contribution is 7.99. The summed E-state index contributed by atoms with van der Waals surface area (Å²) in [5, 5.41) is 4.62. The van der Waals surface area contributed by atoms with Gasteiger partial charge in [0.1, 0.15) is 6.04 Å². The molecule has 2 atom stereocenters. The first-order valence-corrected chi connectivity index (χ1v) is 12.2. The molecule has 0 fully saturated rings. The summed E-state index contributed by atoms with van der Waals surface area (Å²) in [4.78, 5) is 28.5. The number of carbonyl (C=O) groups excluding carboxylic acids is 2. The molecule has 2 aromatic rings. The van der Waals surface area contributed by atoms with E-state index in [1.54, 1.807) is 41.8 Å². The highest BCUT2D eigenvalue weighted by Crippen LogP contribution is 2.25. The van der Waals surface area contributed by atoms with Crippen LogP contribution in [0.15, 0.2) is 47.4 Å². The minimum atomic E-state index is -0.631. The summed E-state index contributed by atoms with van der Waals surface area (Å²) < 4.78 is 0. The number of hydrogen-bond donors (Lipinski definition) is 1. The molecule has 0 aliphatic heterocycles. The van der Waals surface area contributed by atoms with Crippen molar-refractivity contribution in [1.29, 1.82) is 0 Å². The van der Waals surface area contributed by atoms with Crippen LogP contribution in [0.3, 0.4) is 0 Å². The molecule has 0 saturated heterocycles. The van der Waals surface area contributed by atoms with Crippen LogP contribution in [0.2, 0.25) is 15.1 Å². The van der Waals surface area contributed by atoms with Crippen molar-refractivity contribution in [2.75, 3.05) is 5.75 Å². The van der Waals surface area contributed by atoms with E-state index < -0.39 is 6.04 Å². The van der Waals surface area contributed by atoms with Gasteiger partial charge in [0.15, 0.2) is 0 Å². The number of rotatable bonds is 10. The molecule has 2 aromatic carbocycles. The van der Waals surface area contributed by atoms with Gasteiger partial charge < -0.3 is 10.2 Å². The summed E-state index contributed by atoms with van der Waals surface area (Å²) >= 11 is 19.8. The Morgan fingerprint density at radius 2 is 1.68 bits per heavy atom. The van der Waals surface area contributed by atoms with Crippen LogP contribution in [0.5, 0.6) is 0 Å². The third-order valence-corrected chi connectivity index (χ3v) is 6.78. The fraction of sp³-hybridized carbons (Fsp3) is 0.391. The summed E-state index contributed by atoms with van der Waals surface area (Å²) in [5.41, 5.74) is 0.743. The number of nitrogens with zero attached hydrogens (tertiary/aromatic N) is 1. The van der Waals surface area contributed by atoms with Crippen molar-refractivity contribution in [1.82, 2.24) is 10.2 Å². The molecule has 8 heteroatoms. The molecule has 31 heavy (non-hydrogen) atoms. The Balaban J connectivity index is 2.11. The number of nitrogens with one attached hydrogen (secondary N) is 1. The van der Waals surface area contributed by atoms with Crippen LogP contribution in [0.4, 0.5) is 0 Å². The molecular weight excluding hydrogens is 475 g/mol. The van der Waals surface area contributed by atoms with Crippen molar-refractivity contribution < 1.29 is 9.59 Å². The van der Waals surface area contributed by atoms with E-state index in [1.165, 1.54) is 0 Å². The van der Waals surface area contributed by atoms with Crippen LogP contribution in [0.25, 0.3) is 0 Å². The third kappa shape index (κ3) is 8.23. The maximum Gasteiger partial charge on any atom is 0.242 e. The summed E-state index contributed by atoms with van der Waals surface area (Å²) in [7, 11) is 0. The van der Waals surface area contributed by atoms with Gasteiger partial charge in [0, 0.05) is 44.7 Å². The largest absolute Gasteiger partial charge is 0.352 e. The predicted molar refractivity (Wildman–Crippen MR) is 131 cm³/mol. The summed E-state index contributed by atoms with van der Waals surface area (Å²) in [5.74, 6) is 0.294. The van der Waals surface area contributed by atoms with Crippen LogP contribution >= 0.6 is 46.6 Å². The Bertz CT molecular complexity index is 893. The monoisotopic (exact) mass is 500 g/mol. The Hall–Kier alpha value is -1.40. The van der Waals surface area contributed by atoms with E-state index in [9.17, 15) is 9.59 Å². The normalized spacial score (nSPS) is 12.8. The topological polar surface area (TPSA) is 49.4 Å². The average molecular weight is 502 g/mol. The fourth-order valence-corrected chi connectivity index (χ4v) is 4.25. The predicted octanol–water partition coefficient (Wildman–Crippen LogP) is 6.46. The van der Waals surface area contributed by atoms with Crippen LogP contribution in [0.1, 0.15) is 39.2 Å². The highest BCUT2D eigenvalue weighted by Gasteiger charge is 2.27. The number of carbonyl (C=O) groups is 2. The molecule has 2 unspecified atom stereocenters. The maximum absolute atomic E-state index is 13.1. The van der Waals surface area contributed by atoms with Gasteiger partial charge in [-0.2, -0.15) is 0 Å². The zero-order valence-electron chi connectivity index (χ0n) is 17.8. The van der Waals surface area contributed by atoms with E-state index in [1.807, 2.05) is 38.1 Å². The Kier molecular flexibility index (Phi) is 10.5. The number of amides is 2. The second-order valence-corrected chi connectivity index (χ2v) is 9.75. The van der Waals surface area contributed by atoms with Crippen LogP contribution in [0, 0.1) is 0 Å². The molecule has 0 saturated carbocycles. The van der Waals surface area contributed by atoms with Crippen molar-refractivity contribution in [3.63, 3.8) is 0 Å². The van der Waals surface area contributed by atoms with Crippen LogP contribution in [-0.2, 0) is 16.1 Å². The zero-order chi connectivity index (χ0) is 23.0. The molecule has 4 nitrogen and oxygen atoms in total. The van der Waals surface area contributed by atoms with E-state index in [0.717, 1.165) is 16.9 Å². The molecule has 1 N–H and O–H groups in total. The molecule has 0 heterocycles. The van der Waals surface area contributed by atoms with Gasteiger partial charge in [-0.15, -0.1) is 11.8 Å². The maximum atomic E-state index is 13.1. The van der Waals surface area contributed by atoms with E-state index >= 15 is 0 Å². The number of benzene rings is 2. The van der Waals surface area contributed by atoms with E-state index in [2.05, 4.69) is 5.32 Å². The first-order valence-electron chi connectivity index (χ1n) is 10.1. The Labute approximate surface area is 203 Å². The smallest absolute Gasteiger partial charge is 0.242 e. The molecule has 0 spiro atoms. The van der Waals surface area contributed by atoms with Crippen LogP contribution in [-0.4, -0.2) is 34.6 Å². The van der Waals surface area contributed by atoms with Crippen molar-refractivity contribution in [3.8, 4) is 0 Å². The molecule has 0 aromatic heterocycles. The first kappa shape index (κ1) is 25.9. The van der Waals surface area contributed by atoms with Gasteiger partial charge in [-0.3, -0.25) is 9.59 Å². The average Bonchev–Trinajstić information content (AvgIpc) is 2.73. The second-order valence-electron chi connectivity index (χ2n) is 7.30. The van der Waals surface area contributed by atoms with Crippen molar-refractivity contribution in [2.24, 2.45) is 0 Å². The summed E-state index contributed by atoms with van der Waals surface area (Å²) in [6, 6.07) is 12.0. The molecule has 0 aliphatic carbocycles. The zero-order valence-corrected chi connectivity index (χ0v) is 20.9. The van der Waals surface area contributed by atoms with Gasteiger partial charge in [-0.1, -0.05) is 47.8 Å². The first-order chi connectivity index (χ1) is 14.7. The van der Waals surface area contributed by atoms with E-state index in [4.69, 9.17) is 34.8 Å². The third-order valence-electron chi connectivity index (χ3n) is 4.92. The molecule has 0 radical (unpaired) electrons. The minimum Gasteiger partial charge on any atom is -0.352 e. The molecule has 2 rings (SSSR count). The lowest BCUT2D eigenvalue weighted by Crippen LogP contribution is -2.49. The molecule has 168 valence electrons. The SMILES string of the molecule is CCC(C)NC(=O)C(C)N(Cc1ccc(Cl)cc1Cl)C(=O)CCSc1ccc(Cl)cc1. The van der Waals surface area contributed by atoms with Gasteiger partial charge in [0.25, 0.3) is 0 Å². The fourth-order valence-electron chi connectivity index (χ4n) is 2.81. The van der Waals surface area contributed by atoms with E-state index in [-0.39, 0.29) is 24.4 Å². The van der Waals surface area contributed by atoms with Gasteiger partial charge in [-0.25, -0.2) is 0 Å². The van der Waals surface area contributed by atoms with Gasteiger partial charge in [0.2, 0.25) is 11.8 Å². The summed E-state index contributed by atoms with van der Waals surface area (Å²) in [6.07, 6.45) is 1.10. The number of hydrogen-bond acceptors (Lipinski definition) is 3. The lowest BCUT2D eigenvalue weighted by atomic mass is 10.1. The van der Waals surface area contributed by atoms with Crippen molar-refractivity contribution in [2.45, 2.75) is 57.1 Å². The van der Waals surface area contributed by atoms with Gasteiger partial charge >= 0.3 is 0 Å². The minimum absolute atomic E-state index is 0.0338. The molecular formula is C23H27Cl3N2O2S. The summed E-state index contributed by atoms with van der Waals surface area (Å²) in [6.45, 7) is 5.91.